The minimum Gasteiger partial charge on any atom is -0.393 e. The van der Waals surface area contributed by atoms with E-state index in [9.17, 15) is 9.59 Å². The largest absolute Gasteiger partial charge is 0.393 e. The Balaban J connectivity index is 2.05. The molecule has 0 amide bonds. The summed E-state index contributed by atoms with van der Waals surface area (Å²) in [5, 5.41) is 0. The maximum Gasteiger partial charge on any atom is 0.318 e. The van der Waals surface area contributed by atoms with Crippen LogP contribution in [0.3, 0.4) is 0 Å². The fourth-order valence-electron chi connectivity index (χ4n) is 2.94. The maximum absolute atomic E-state index is 11.8. The smallest absolute Gasteiger partial charge is 0.318 e. The number of allylic oxidation sites excluding steroid dienone is 2. The van der Waals surface area contributed by atoms with Crippen LogP contribution < -0.4 is 0 Å². The third kappa shape index (κ3) is 1.58. The van der Waals surface area contributed by atoms with E-state index in [0.717, 1.165) is 11.1 Å². The van der Waals surface area contributed by atoms with Crippen LogP contribution >= 0.6 is 0 Å². The zero-order chi connectivity index (χ0) is 12.7. The lowest BCUT2D eigenvalue weighted by Gasteiger charge is -2.26. The van der Waals surface area contributed by atoms with Gasteiger partial charge in [-0.2, -0.15) is 0 Å². The van der Waals surface area contributed by atoms with Crippen LogP contribution in [0.25, 0.3) is 0 Å². The van der Waals surface area contributed by atoms with Crippen molar-refractivity contribution in [2.45, 2.75) is 19.3 Å². The summed E-state index contributed by atoms with van der Waals surface area (Å²) in [5.74, 6) is -1.42. The first-order valence-corrected chi connectivity index (χ1v) is 6.16. The van der Waals surface area contributed by atoms with Crippen molar-refractivity contribution in [3.8, 4) is 0 Å². The molecule has 1 aliphatic carbocycles. The molecule has 1 fully saturated rings. The monoisotopic (exact) mass is 242 g/mol. The molecule has 0 radical (unpaired) electrons. The second-order valence-electron chi connectivity index (χ2n) is 4.92. The lowest BCUT2D eigenvalue weighted by atomic mass is 9.73. The van der Waals surface area contributed by atoms with Crippen molar-refractivity contribution >= 4 is 11.9 Å². The van der Waals surface area contributed by atoms with E-state index in [2.05, 4.69) is 0 Å². The van der Waals surface area contributed by atoms with E-state index in [-0.39, 0.29) is 29.7 Å². The number of aryl methyl sites for hydroxylation is 1. The average molecular weight is 242 g/mol. The van der Waals surface area contributed by atoms with Crippen molar-refractivity contribution in [3.05, 3.63) is 47.5 Å². The molecule has 1 heterocycles. The molecule has 3 rings (SSSR count). The Labute approximate surface area is 105 Å². The highest BCUT2D eigenvalue weighted by molar-refractivity contribution is 5.97. The number of hydrogen-bond acceptors (Lipinski definition) is 3. The van der Waals surface area contributed by atoms with Gasteiger partial charge in [0, 0.05) is 5.92 Å². The van der Waals surface area contributed by atoms with Crippen molar-refractivity contribution in [3.63, 3.8) is 0 Å². The summed E-state index contributed by atoms with van der Waals surface area (Å²) in [6.45, 7) is 2.02. The van der Waals surface area contributed by atoms with E-state index in [1.165, 1.54) is 0 Å². The molecular formula is C15H14O3. The van der Waals surface area contributed by atoms with Gasteiger partial charge >= 0.3 is 11.9 Å². The number of hydrogen-bond donors (Lipinski definition) is 0. The number of esters is 2. The number of ether oxygens (including phenoxy) is 1. The van der Waals surface area contributed by atoms with Gasteiger partial charge in [-0.15, -0.1) is 0 Å². The number of carbonyl (C=O) groups is 2. The zero-order valence-corrected chi connectivity index (χ0v) is 10.1. The van der Waals surface area contributed by atoms with Gasteiger partial charge in [-0.05, 0) is 24.5 Å². The lowest BCUT2D eigenvalue weighted by Crippen LogP contribution is -2.26. The van der Waals surface area contributed by atoms with E-state index in [0.29, 0.717) is 6.42 Å². The van der Waals surface area contributed by atoms with Gasteiger partial charge in [0.25, 0.3) is 0 Å². The first-order chi connectivity index (χ1) is 8.68. The summed E-state index contributed by atoms with van der Waals surface area (Å²) in [6, 6.07) is 7.97. The molecule has 3 nitrogen and oxygen atoms in total. The molecule has 0 bridgehead atoms. The predicted octanol–water partition coefficient (Wildman–Crippen LogP) is 2.35. The van der Waals surface area contributed by atoms with E-state index in [1.807, 2.05) is 43.3 Å². The molecular weight excluding hydrogens is 228 g/mol. The summed E-state index contributed by atoms with van der Waals surface area (Å²) in [7, 11) is 0. The summed E-state index contributed by atoms with van der Waals surface area (Å²) in [5.41, 5.74) is 2.25. The fourth-order valence-corrected chi connectivity index (χ4v) is 2.94. The Morgan fingerprint density at radius 1 is 1.17 bits per heavy atom. The van der Waals surface area contributed by atoms with Gasteiger partial charge in [0.15, 0.2) is 0 Å². The molecule has 0 N–H and O–H groups in total. The number of benzene rings is 1. The highest BCUT2D eigenvalue weighted by atomic mass is 16.6. The lowest BCUT2D eigenvalue weighted by molar-refractivity contribution is -0.153. The normalized spacial score (nSPS) is 30.2. The van der Waals surface area contributed by atoms with E-state index >= 15 is 0 Å². The van der Waals surface area contributed by atoms with Gasteiger partial charge in [0.2, 0.25) is 0 Å². The quantitative estimate of drug-likeness (QED) is 0.431. The maximum atomic E-state index is 11.8. The number of rotatable bonds is 1. The topological polar surface area (TPSA) is 43.4 Å². The Kier molecular flexibility index (Phi) is 2.54. The number of fused-ring (bicyclic) bond motifs is 1. The minimum absolute atomic E-state index is 0.0381. The Morgan fingerprint density at radius 2 is 1.94 bits per heavy atom. The minimum atomic E-state index is -0.373. The van der Waals surface area contributed by atoms with Gasteiger partial charge in [0.05, 0.1) is 11.8 Å². The molecule has 0 saturated carbocycles. The predicted molar refractivity (Wildman–Crippen MR) is 65.8 cm³/mol. The molecule has 92 valence electrons. The molecule has 3 heteroatoms. The third-order valence-electron chi connectivity index (χ3n) is 3.88. The summed E-state index contributed by atoms with van der Waals surface area (Å²) < 4.78 is 4.78. The fraction of sp³-hybridized carbons (Fsp3) is 0.333. The Hall–Kier alpha value is -1.90. The molecule has 1 aromatic carbocycles. The first-order valence-electron chi connectivity index (χ1n) is 6.16. The molecule has 0 spiro atoms. The van der Waals surface area contributed by atoms with Crippen LogP contribution in [0.1, 0.15) is 23.5 Å². The molecule has 1 aliphatic heterocycles. The van der Waals surface area contributed by atoms with E-state index < -0.39 is 0 Å². The second-order valence-corrected chi connectivity index (χ2v) is 4.92. The standard InChI is InChI=1S/C15H14O3/c1-9-5-2-3-6-10(9)11-7-4-8-12-13(11)15(17)18-14(12)16/h2-7,11-13H,8H2,1H3/t11-,12-,13+/m0/s1. The van der Waals surface area contributed by atoms with Crippen molar-refractivity contribution in [1.29, 1.82) is 0 Å². The second kappa shape index (κ2) is 4.09. The number of carbonyl (C=O) groups excluding carboxylic acids is 2. The van der Waals surface area contributed by atoms with Gasteiger partial charge < -0.3 is 4.74 Å². The van der Waals surface area contributed by atoms with Gasteiger partial charge in [0.1, 0.15) is 0 Å². The molecule has 3 atom stereocenters. The Bertz CT molecular complexity index is 544. The van der Waals surface area contributed by atoms with Crippen molar-refractivity contribution < 1.29 is 14.3 Å². The highest BCUT2D eigenvalue weighted by Crippen LogP contribution is 2.42. The van der Waals surface area contributed by atoms with Crippen molar-refractivity contribution in [2.24, 2.45) is 11.8 Å². The van der Waals surface area contributed by atoms with Crippen LogP contribution in [0.2, 0.25) is 0 Å². The van der Waals surface area contributed by atoms with Gasteiger partial charge in [-0.3, -0.25) is 9.59 Å². The highest BCUT2D eigenvalue weighted by Gasteiger charge is 2.49. The van der Waals surface area contributed by atoms with E-state index in [4.69, 9.17) is 4.74 Å². The molecule has 18 heavy (non-hydrogen) atoms. The number of cyclic esters (lactones) is 2. The third-order valence-corrected chi connectivity index (χ3v) is 3.88. The molecule has 1 saturated heterocycles. The summed E-state index contributed by atoms with van der Waals surface area (Å²) >= 11 is 0. The zero-order valence-electron chi connectivity index (χ0n) is 10.1. The molecule has 0 aromatic heterocycles. The van der Waals surface area contributed by atoms with Crippen LogP contribution in [0.15, 0.2) is 36.4 Å². The SMILES string of the molecule is Cc1ccccc1[C@@H]1C=CC[C@@H]2C(=O)OC(=O)[C@@H]21. The van der Waals surface area contributed by atoms with Crippen LogP contribution in [0.4, 0.5) is 0 Å². The van der Waals surface area contributed by atoms with Crippen LogP contribution in [-0.4, -0.2) is 11.9 Å². The Morgan fingerprint density at radius 3 is 2.72 bits per heavy atom. The molecule has 1 aromatic rings. The van der Waals surface area contributed by atoms with Crippen LogP contribution in [-0.2, 0) is 14.3 Å². The first kappa shape index (κ1) is 11.2. The van der Waals surface area contributed by atoms with Crippen molar-refractivity contribution in [1.82, 2.24) is 0 Å². The van der Waals surface area contributed by atoms with Gasteiger partial charge in [-0.1, -0.05) is 36.4 Å². The van der Waals surface area contributed by atoms with Crippen LogP contribution in [0, 0.1) is 18.8 Å². The van der Waals surface area contributed by atoms with Crippen LogP contribution in [0.5, 0.6) is 0 Å². The summed E-state index contributed by atoms with van der Waals surface area (Å²) in [6.07, 6.45) is 4.62. The average Bonchev–Trinajstić information content (AvgIpc) is 2.66. The van der Waals surface area contributed by atoms with Gasteiger partial charge in [-0.25, -0.2) is 0 Å². The van der Waals surface area contributed by atoms with Crippen molar-refractivity contribution in [2.75, 3.05) is 0 Å². The summed E-state index contributed by atoms with van der Waals surface area (Å²) in [4.78, 5) is 23.4. The molecule has 2 aliphatic rings. The molecule has 0 unspecified atom stereocenters. The van der Waals surface area contributed by atoms with E-state index in [1.54, 1.807) is 0 Å².